The topological polar surface area (TPSA) is 37.5 Å². The number of aromatic amines is 1. The van der Waals surface area contributed by atoms with Crippen molar-refractivity contribution < 1.29 is 13.9 Å². The molecule has 140 valence electrons. The van der Waals surface area contributed by atoms with E-state index in [9.17, 15) is 4.39 Å². The van der Waals surface area contributed by atoms with Gasteiger partial charge in [-0.15, -0.1) is 0 Å². The summed E-state index contributed by atoms with van der Waals surface area (Å²) in [5, 5.41) is 1.33. The highest BCUT2D eigenvalue weighted by Crippen LogP contribution is 2.42. The molecule has 0 aliphatic carbocycles. The lowest BCUT2D eigenvalue weighted by atomic mass is 9.90. The molecule has 2 aliphatic heterocycles. The first-order valence-corrected chi connectivity index (χ1v) is 9.58. The van der Waals surface area contributed by atoms with Gasteiger partial charge in [0.25, 0.3) is 0 Å². The largest absolute Gasteiger partial charge is 0.492 e. The lowest BCUT2D eigenvalue weighted by Gasteiger charge is -2.34. The van der Waals surface area contributed by atoms with E-state index in [2.05, 4.69) is 34.1 Å². The van der Waals surface area contributed by atoms with Gasteiger partial charge in [-0.2, -0.15) is 0 Å². The number of nitrogens with zero attached hydrogens (tertiary/aromatic N) is 1. The maximum Gasteiger partial charge on any atom is 0.123 e. The van der Waals surface area contributed by atoms with Crippen molar-refractivity contribution in [2.24, 2.45) is 0 Å². The molecule has 3 aromatic rings. The van der Waals surface area contributed by atoms with Gasteiger partial charge < -0.3 is 14.5 Å². The summed E-state index contributed by atoms with van der Waals surface area (Å²) in [4.78, 5) is 6.03. The van der Waals surface area contributed by atoms with E-state index in [1.165, 1.54) is 34.3 Å². The number of halogens is 1. The van der Waals surface area contributed by atoms with Crippen molar-refractivity contribution in [3.8, 4) is 5.75 Å². The van der Waals surface area contributed by atoms with Crippen molar-refractivity contribution in [2.75, 3.05) is 32.8 Å². The molecule has 5 heteroatoms. The minimum atomic E-state index is -0.243. The molecule has 0 saturated carbocycles. The van der Waals surface area contributed by atoms with Gasteiger partial charge in [0.15, 0.2) is 0 Å². The van der Waals surface area contributed by atoms with E-state index in [4.69, 9.17) is 9.47 Å². The maximum absolute atomic E-state index is 13.0. The van der Waals surface area contributed by atoms with Crippen LogP contribution in [0.2, 0.25) is 0 Å². The van der Waals surface area contributed by atoms with Gasteiger partial charge in [0.1, 0.15) is 23.8 Å². The number of rotatable bonds is 4. The van der Waals surface area contributed by atoms with E-state index < -0.39 is 0 Å². The number of para-hydroxylation sites is 1. The number of likely N-dealkylation sites (tertiary alicyclic amines) is 1. The van der Waals surface area contributed by atoms with Gasteiger partial charge >= 0.3 is 0 Å². The molecule has 1 fully saturated rings. The highest BCUT2D eigenvalue weighted by molar-refractivity contribution is 5.85. The summed E-state index contributed by atoms with van der Waals surface area (Å²) >= 11 is 0. The first-order chi connectivity index (χ1) is 13.2. The van der Waals surface area contributed by atoms with Crippen molar-refractivity contribution in [3.05, 3.63) is 65.6 Å². The number of H-pyrrole nitrogens is 1. The Balaban J connectivity index is 1.28. The highest BCUT2D eigenvalue weighted by atomic mass is 19.1. The first kappa shape index (κ1) is 16.8. The SMILES string of the molecule is Fc1ccc(OCCN2CCC3(C2)OCCc2c3[nH]c3ccccc23)cc1. The van der Waals surface area contributed by atoms with Crippen molar-refractivity contribution in [3.63, 3.8) is 0 Å². The van der Waals surface area contributed by atoms with Gasteiger partial charge in [0.2, 0.25) is 0 Å². The fourth-order valence-corrected chi connectivity index (χ4v) is 4.46. The molecular formula is C22H23FN2O2. The third-order valence-electron chi connectivity index (χ3n) is 5.80. The maximum atomic E-state index is 13.0. The molecule has 1 N–H and O–H groups in total. The van der Waals surface area contributed by atoms with Crippen molar-refractivity contribution in [1.29, 1.82) is 0 Å². The Morgan fingerprint density at radius 1 is 1.15 bits per heavy atom. The molecule has 5 rings (SSSR count). The summed E-state index contributed by atoms with van der Waals surface area (Å²) in [7, 11) is 0. The predicted molar refractivity (Wildman–Crippen MR) is 103 cm³/mol. The van der Waals surface area contributed by atoms with Crippen LogP contribution in [0.4, 0.5) is 4.39 Å². The molecular weight excluding hydrogens is 343 g/mol. The normalized spacial score (nSPS) is 22.4. The lowest BCUT2D eigenvalue weighted by Crippen LogP contribution is -2.39. The van der Waals surface area contributed by atoms with E-state index in [0.29, 0.717) is 12.4 Å². The van der Waals surface area contributed by atoms with Crippen LogP contribution in [0.3, 0.4) is 0 Å². The fraction of sp³-hybridized carbons (Fsp3) is 0.364. The number of hydrogen-bond acceptors (Lipinski definition) is 3. The van der Waals surface area contributed by atoms with Gasteiger partial charge in [0, 0.05) is 30.5 Å². The van der Waals surface area contributed by atoms with Crippen LogP contribution in [-0.2, 0) is 16.8 Å². The van der Waals surface area contributed by atoms with E-state index in [1.807, 2.05) is 0 Å². The number of hydrogen-bond donors (Lipinski definition) is 1. The smallest absolute Gasteiger partial charge is 0.123 e. The molecule has 1 saturated heterocycles. The minimum Gasteiger partial charge on any atom is -0.492 e. The van der Waals surface area contributed by atoms with Crippen molar-refractivity contribution in [1.82, 2.24) is 9.88 Å². The van der Waals surface area contributed by atoms with Crippen LogP contribution in [0.15, 0.2) is 48.5 Å². The van der Waals surface area contributed by atoms with Crippen LogP contribution >= 0.6 is 0 Å². The molecule has 3 heterocycles. The van der Waals surface area contributed by atoms with Gasteiger partial charge in [-0.25, -0.2) is 4.39 Å². The first-order valence-electron chi connectivity index (χ1n) is 9.58. The average Bonchev–Trinajstić information content (AvgIpc) is 3.27. The molecule has 1 unspecified atom stereocenters. The van der Waals surface area contributed by atoms with Crippen LogP contribution in [0.5, 0.6) is 5.75 Å². The Kier molecular flexibility index (Phi) is 4.14. The molecule has 0 amide bonds. The second-order valence-electron chi connectivity index (χ2n) is 7.45. The lowest BCUT2D eigenvalue weighted by molar-refractivity contribution is -0.0546. The molecule has 1 aromatic heterocycles. The number of benzene rings is 2. The highest BCUT2D eigenvalue weighted by Gasteiger charge is 2.45. The Morgan fingerprint density at radius 2 is 2.00 bits per heavy atom. The number of nitrogens with one attached hydrogen (secondary N) is 1. The Hall–Kier alpha value is -2.37. The zero-order valence-electron chi connectivity index (χ0n) is 15.2. The van der Waals surface area contributed by atoms with E-state index in [-0.39, 0.29) is 11.4 Å². The molecule has 27 heavy (non-hydrogen) atoms. The molecule has 1 spiro atoms. The summed E-state index contributed by atoms with van der Waals surface area (Å²) in [6, 6.07) is 14.7. The summed E-state index contributed by atoms with van der Waals surface area (Å²) in [6.45, 7) is 4.05. The third kappa shape index (κ3) is 3.01. The molecule has 1 atom stereocenters. The molecule has 4 nitrogen and oxygen atoms in total. The number of fused-ring (bicyclic) bond motifs is 4. The van der Waals surface area contributed by atoms with Gasteiger partial charge in [-0.3, -0.25) is 4.90 Å². The summed E-state index contributed by atoms with van der Waals surface area (Å²) < 4.78 is 25.1. The summed E-state index contributed by atoms with van der Waals surface area (Å²) in [5.74, 6) is 0.463. The summed E-state index contributed by atoms with van der Waals surface area (Å²) in [6.07, 6.45) is 1.96. The number of ether oxygens (including phenoxy) is 2. The predicted octanol–water partition coefficient (Wildman–Crippen LogP) is 3.86. The molecule has 2 aromatic carbocycles. The van der Waals surface area contributed by atoms with Gasteiger partial charge in [0.05, 0.1) is 12.3 Å². The van der Waals surface area contributed by atoms with Gasteiger partial charge in [-0.1, -0.05) is 18.2 Å². The van der Waals surface area contributed by atoms with Crippen LogP contribution in [0.25, 0.3) is 10.9 Å². The average molecular weight is 366 g/mol. The monoisotopic (exact) mass is 366 g/mol. The second-order valence-corrected chi connectivity index (χ2v) is 7.45. The molecule has 0 bridgehead atoms. The van der Waals surface area contributed by atoms with E-state index in [1.54, 1.807) is 12.1 Å². The molecule has 2 aliphatic rings. The van der Waals surface area contributed by atoms with Crippen LogP contribution in [0, 0.1) is 5.82 Å². The third-order valence-corrected chi connectivity index (χ3v) is 5.80. The van der Waals surface area contributed by atoms with Crippen molar-refractivity contribution in [2.45, 2.75) is 18.4 Å². The zero-order chi connectivity index (χ0) is 18.3. The van der Waals surface area contributed by atoms with Gasteiger partial charge in [-0.05, 0) is 48.7 Å². The van der Waals surface area contributed by atoms with Crippen LogP contribution in [-0.4, -0.2) is 42.7 Å². The van der Waals surface area contributed by atoms with E-state index in [0.717, 1.165) is 39.1 Å². The second kappa shape index (κ2) is 6.66. The Morgan fingerprint density at radius 3 is 2.89 bits per heavy atom. The van der Waals surface area contributed by atoms with Crippen LogP contribution < -0.4 is 4.74 Å². The summed E-state index contributed by atoms with van der Waals surface area (Å²) in [5.41, 5.74) is 3.64. The Labute approximate surface area is 157 Å². The standard InChI is InChI=1S/C22H23FN2O2/c23-16-5-7-17(8-6-16)26-14-12-25-11-10-22(15-25)21-19(9-13-27-22)18-3-1-2-4-20(18)24-21/h1-8,24H,9-15H2. The van der Waals surface area contributed by atoms with Crippen molar-refractivity contribution >= 4 is 10.9 Å². The van der Waals surface area contributed by atoms with E-state index >= 15 is 0 Å². The Bertz CT molecular complexity index is 953. The zero-order valence-corrected chi connectivity index (χ0v) is 15.2. The quantitative estimate of drug-likeness (QED) is 0.762. The fourth-order valence-electron chi connectivity index (χ4n) is 4.46. The molecule has 0 radical (unpaired) electrons. The van der Waals surface area contributed by atoms with Crippen LogP contribution in [0.1, 0.15) is 17.7 Å². The minimum absolute atomic E-state index is 0.234. The number of aromatic nitrogens is 1.